The van der Waals surface area contributed by atoms with Gasteiger partial charge in [-0.3, -0.25) is 4.90 Å². The van der Waals surface area contributed by atoms with E-state index in [1.165, 1.54) is 71.9 Å². The molecule has 7 aromatic rings. The average molecular weight is 774 g/mol. The SMILES string of the molecule is CCC1(CC)c2cc(/C=C/c3ccc4c(c3)C(CC)(CC)c3cc(N(c5ccccc5)c5ccco5)ccc3-4)ccc2-c2ccc(-c3ccc([Si](C)(C)C)cc3)cc21. The molecule has 0 saturated heterocycles. The van der Waals surface area contributed by atoms with E-state index in [4.69, 9.17) is 4.42 Å². The summed E-state index contributed by atoms with van der Waals surface area (Å²) in [6, 6.07) is 52.4. The number of para-hydroxylation sites is 1. The Morgan fingerprint density at radius 2 is 0.983 bits per heavy atom. The van der Waals surface area contributed by atoms with Gasteiger partial charge in [0.25, 0.3) is 0 Å². The number of fused-ring (bicyclic) bond motifs is 6. The third kappa shape index (κ3) is 6.05. The minimum absolute atomic E-state index is 0.00409. The molecule has 0 aliphatic heterocycles. The lowest BCUT2D eigenvalue weighted by Gasteiger charge is -2.31. The van der Waals surface area contributed by atoms with Gasteiger partial charge >= 0.3 is 0 Å². The average Bonchev–Trinajstić information content (AvgIpc) is 3.95. The number of anilines is 3. The maximum atomic E-state index is 5.99. The molecule has 0 spiro atoms. The molecule has 2 aliphatic rings. The molecule has 1 heterocycles. The van der Waals surface area contributed by atoms with Crippen LogP contribution in [0.3, 0.4) is 0 Å². The Labute approximate surface area is 346 Å². The monoisotopic (exact) mass is 773 g/mol. The summed E-state index contributed by atoms with van der Waals surface area (Å²) in [5.74, 6) is 0.811. The summed E-state index contributed by atoms with van der Waals surface area (Å²) in [4.78, 5) is 2.22. The van der Waals surface area contributed by atoms with Crippen molar-refractivity contribution in [2.45, 2.75) is 83.8 Å². The lowest BCUT2D eigenvalue weighted by molar-refractivity contribution is 0.490. The molecular formula is C55H55NOSi. The van der Waals surface area contributed by atoms with E-state index in [2.05, 4.69) is 192 Å². The number of rotatable bonds is 11. The molecule has 58 heavy (non-hydrogen) atoms. The molecule has 0 bridgehead atoms. The molecule has 2 aliphatic carbocycles. The summed E-state index contributed by atoms with van der Waals surface area (Å²) in [5, 5.41) is 1.51. The zero-order valence-corrected chi connectivity index (χ0v) is 36.2. The lowest BCUT2D eigenvalue weighted by Crippen LogP contribution is -2.37. The van der Waals surface area contributed by atoms with Gasteiger partial charge in [-0.1, -0.05) is 162 Å². The van der Waals surface area contributed by atoms with Crippen molar-refractivity contribution in [2.75, 3.05) is 4.90 Å². The highest BCUT2D eigenvalue weighted by atomic mass is 28.3. The highest BCUT2D eigenvalue weighted by Crippen LogP contribution is 2.56. The molecule has 0 atom stereocenters. The second-order valence-electron chi connectivity index (χ2n) is 17.5. The maximum Gasteiger partial charge on any atom is 0.204 e. The predicted molar refractivity (Wildman–Crippen MR) is 251 cm³/mol. The van der Waals surface area contributed by atoms with Crippen molar-refractivity contribution in [3.63, 3.8) is 0 Å². The van der Waals surface area contributed by atoms with Crippen LogP contribution in [0.25, 0.3) is 45.5 Å². The fourth-order valence-corrected chi connectivity index (χ4v) is 11.5. The van der Waals surface area contributed by atoms with Gasteiger partial charge in [0.2, 0.25) is 5.88 Å². The van der Waals surface area contributed by atoms with E-state index in [0.29, 0.717) is 0 Å². The van der Waals surface area contributed by atoms with E-state index >= 15 is 0 Å². The van der Waals surface area contributed by atoms with Crippen molar-refractivity contribution in [3.05, 3.63) is 179 Å². The molecule has 0 fully saturated rings. The molecule has 6 aromatic carbocycles. The number of furan rings is 1. The van der Waals surface area contributed by atoms with Gasteiger partial charge in [-0.25, -0.2) is 0 Å². The van der Waals surface area contributed by atoms with Crippen molar-refractivity contribution in [1.29, 1.82) is 0 Å². The van der Waals surface area contributed by atoms with E-state index in [9.17, 15) is 0 Å². The van der Waals surface area contributed by atoms with Gasteiger partial charge in [0, 0.05) is 28.3 Å². The van der Waals surface area contributed by atoms with Crippen molar-refractivity contribution in [2.24, 2.45) is 0 Å². The third-order valence-electron chi connectivity index (χ3n) is 13.7. The van der Waals surface area contributed by atoms with Gasteiger partial charge in [0.05, 0.1) is 14.3 Å². The van der Waals surface area contributed by atoms with Crippen LogP contribution in [0.15, 0.2) is 150 Å². The molecule has 3 heteroatoms. The van der Waals surface area contributed by atoms with Crippen molar-refractivity contribution < 1.29 is 4.42 Å². The summed E-state index contributed by atoms with van der Waals surface area (Å²) < 4.78 is 5.99. The van der Waals surface area contributed by atoms with Gasteiger partial charge in [-0.05, 0) is 129 Å². The molecular weight excluding hydrogens is 719 g/mol. The second kappa shape index (κ2) is 14.6. The minimum atomic E-state index is -1.35. The Morgan fingerprint density at radius 3 is 1.50 bits per heavy atom. The van der Waals surface area contributed by atoms with E-state index in [1.807, 2.05) is 12.1 Å². The number of nitrogens with zero attached hydrogens (tertiary/aromatic N) is 1. The van der Waals surface area contributed by atoms with Crippen LogP contribution in [-0.2, 0) is 10.8 Å². The van der Waals surface area contributed by atoms with Gasteiger partial charge in [0.15, 0.2) is 0 Å². The number of hydrogen-bond donors (Lipinski definition) is 0. The van der Waals surface area contributed by atoms with Crippen LogP contribution in [0.2, 0.25) is 19.6 Å². The Bertz CT molecular complexity index is 2630. The van der Waals surface area contributed by atoms with Crippen LogP contribution in [-0.4, -0.2) is 8.07 Å². The molecule has 9 rings (SSSR count). The normalized spacial score (nSPS) is 14.6. The summed E-state index contributed by atoms with van der Waals surface area (Å²) in [7, 11) is -1.35. The van der Waals surface area contributed by atoms with Gasteiger partial charge in [0.1, 0.15) is 0 Å². The molecule has 2 nitrogen and oxygen atoms in total. The van der Waals surface area contributed by atoms with Crippen molar-refractivity contribution >= 4 is 42.7 Å². The number of hydrogen-bond acceptors (Lipinski definition) is 2. The van der Waals surface area contributed by atoms with Gasteiger partial charge in [-0.2, -0.15) is 0 Å². The first-order valence-corrected chi connectivity index (χ1v) is 24.9. The fraction of sp³-hybridized carbons (Fsp3) is 0.236. The summed E-state index contributed by atoms with van der Waals surface area (Å²) in [5.41, 5.74) is 18.5. The Balaban J connectivity index is 1.04. The topological polar surface area (TPSA) is 16.4 Å². The van der Waals surface area contributed by atoms with E-state index < -0.39 is 8.07 Å². The highest BCUT2D eigenvalue weighted by molar-refractivity contribution is 6.88. The van der Waals surface area contributed by atoms with Gasteiger partial charge in [-0.15, -0.1) is 0 Å². The zero-order valence-electron chi connectivity index (χ0n) is 35.2. The Morgan fingerprint density at radius 1 is 0.483 bits per heavy atom. The molecule has 0 amide bonds. The first kappa shape index (κ1) is 37.9. The van der Waals surface area contributed by atoms with Crippen LogP contribution in [0.5, 0.6) is 0 Å². The summed E-state index contributed by atoms with van der Waals surface area (Å²) in [6.45, 7) is 16.7. The third-order valence-corrected chi connectivity index (χ3v) is 15.8. The molecule has 0 unspecified atom stereocenters. The first-order chi connectivity index (χ1) is 28.1. The van der Waals surface area contributed by atoms with E-state index in [-0.39, 0.29) is 10.8 Å². The van der Waals surface area contributed by atoms with Crippen molar-refractivity contribution in [1.82, 2.24) is 0 Å². The predicted octanol–water partition coefficient (Wildman–Crippen LogP) is 15.3. The zero-order chi connectivity index (χ0) is 40.2. The molecule has 290 valence electrons. The Kier molecular flexibility index (Phi) is 9.56. The molecule has 0 radical (unpaired) electrons. The highest BCUT2D eigenvalue weighted by Gasteiger charge is 2.42. The standard InChI is InChI=1S/C55H55NOSi/c1-8-54(9-2)49-34-38(21-29-45(49)47-31-25-41(36-51(47)54)40-23-27-44(28-24-40)58(5,6)7)19-20-39-22-30-46-48-32-26-43(37-52(48)55(10-3,11-4)50(46)35-39)56(53-18-15-33-57-53)42-16-13-12-14-17-42/h12-37H,8-11H2,1-7H3/b20-19+. The lowest BCUT2D eigenvalue weighted by atomic mass is 9.73. The van der Waals surface area contributed by atoms with Crippen molar-refractivity contribution in [3.8, 4) is 33.4 Å². The minimum Gasteiger partial charge on any atom is -0.448 e. The summed E-state index contributed by atoms with van der Waals surface area (Å²) >= 11 is 0. The maximum absolute atomic E-state index is 5.99. The number of benzene rings is 6. The second-order valence-corrected chi connectivity index (χ2v) is 22.5. The fourth-order valence-electron chi connectivity index (χ4n) is 10.3. The largest absolute Gasteiger partial charge is 0.448 e. The van der Waals surface area contributed by atoms with Crippen LogP contribution in [0.1, 0.15) is 86.8 Å². The molecule has 0 saturated carbocycles. The first-order valence-electron chi connectivity index (χ1n) is 21.4. The van der Waals surface area contributed by atoms with Crippen LogP contribution >= 0.6 is 0 Å². The van der Waals surface area contributed by atoms with Crippen LogP contribution in [0, 0.1) is 0 Å². The quantitative estimate of drug-likeness (QED) is 0.0961. The van der Waals surface area contributed by atoms with Crippen LogP contribution in [0.4, 0.5) is 17.3 Å². The van der Waals surface area contributed by atoms with Crippen LogP contribution < -0.4 is 10.1 Å². The molecule has 0 N–H and O–H groups in total. The molecule has 1 aromatic heterocycles. The van der Waals surface area contributed by atoms with Gasteiger partial charge < -0.3 is 4.42 Å². The smallest absolute Gasteiger partial charge is 0.204 e. The summed E-state index contributed by atoms with van der Waals surface area (Å²) in [6.07, 6.45) is 10.6. The van der Waals surface area contributed by atoms with E-state index in [0.717, 1.165) is 42.9 Å². The Hall–Kier alpha value is -5.64. The van der Waals surface area contributed by atoms with E-state index in [1.54, 1.807) is 6.26 Å².